The molecule has 1 amide bonds. The fourth-order valence-corrected chi connectivity index (χ4v) is 2.95. The van der Waals surface area contributed by atoms with Crippen LogP contribution in [0.15, 0.2) is 53.3 Å². The molecule has 0 bridgehead atoms. The number of amides is 1. The Bertz CT molecular complexity index is 782. The minimum Gasteiger partial charge on any atom is -0.459 e. The fraction of sp³-hybridized carbons (Fsp3) is 0.235. The van der Waals surface area contributed by atoms with Gasteiger partial charge in [0, 0.05) is 29.1 Å². The van der Waals surface area contributed by atoms with Crippen LogP contribution in [0.2, 0.25) is 0 Å². The van der Waals surface area contributed by atoms with Crippen LogP contribution in [0.3, 0.4) is 0 Å². The van der Waals surface area contributed by atoms with Crippen LogP contribution in [0.4, 0.5) is 0 Å². The molecule has 21 heavy (non-hydrogen) atoms. The van der Waals surface area contributed by atoms with Gasteiger partial charge in [0.05, 0.1) is 6.26 Å². The Hall–Kier alpha value is -2.49. The monoisotopic (exact) mass is 280 g/mol. The van der Waals surface area contributed by atoms with Crippen molar-refractivity contribution in [1.82, 2.24) is 10.3 Å². The number of rotatable bonds is 4. The molecular formula is C17H16N2O2. The molecule has 0 atom stereocenters. The van der Waals surface area contributed by atoms with Gasteiger partial charge in [-0.3, -0.25) is 4.79 Å². The largest absolute Gasteiger partial charge is 0.459 e. The normalized spacial score (nSPS) is 16.0. The minimum atomic E-state index is -0.147. The number of para-hydroxylation sites is 1. The quantitative estimate of drug-likeness (QED) is 0.771. The zero-order valence-corrected chi connectivity index (χ0v) is 11.6. The lowest BCUT2D eigenvalue weighted by molar-refractivity contribution is 0.0922. The summed E-state index contributed by atoms with van der Waals surface area (Å²) in [6, 6.07) is 11.7. The van der Waals surface area contributed by atoms with Crippen LogP contribution >= 0.6 is 0 Å². The zero-order valence-electron chi connectivity index (χ0n) is 11.6. The van der Waals surface area contributed by atoms with Crippen molar-refractivity contribution in [1.29, 1.82) is 0 Å². The molecule has 3 aromatic rings. The number of carbonyl (C=O) groups excluding carboxylic acids is 1. The molecule has 1 aliphatic carbocycles. The summed E-state index contributed by atoms with van der Waals surface area (Å²) in [7, 11) is 0. The maximum Gasteiger partial charge on any atom is 0.287 e. The number of furan rings is 1. The van der Waals surface area contributed by atoms with Crippen molar-refractivity contribution in [3.63, 3.8) is 0 Å². The highest BCUT2D eigenvalue weighted by Crippen LogP contribution is 2.49. The van der Waals surface area contributed by atoms with Crippen molar-refractivity contribution >= 4 is 16.8 Å². The fourth-order valence-electron chi connectivity index (χ4n) is 2.95. The number of hydrogen-bond donors (Lipinski definition) is 2. The second kappa shape index (κ2) is 4.52. The molecule has 0 radical (unpaired) electrons. The van der Waals surface area contributed by atoms with Gasteiger partial charge in [-0.1, -0.05) is 18.2 Å². The van der Waals surface area contributed by atoms with Crippen LogP contribution in [-0.4, -0.2) is 17.4 Å². The Labute approximate surface area is 122 Å². The van der Waals surface area contributed by atoms with Crippen LogP contribution in [0.5, 0.6) is 0 Å². The van der Waals surface area contributed by atoms with E-state index in [1.807, 2.05) is 6.07 Å². The van der Waals surface area contributed by atoms with E-state index in [2.05, 4.69) is 34.7 Å². The van der Waals surface area contributed by atoms with E-state index in [1.165, 1.54) is 17.2 Å². The number of H-pyrrole nitrogens is 1. The van der Waals surface area contributed by atoms with E-state index in [9.17, 15) is 4.79 Å². The lowest BCUT2D eigenvalue weighted by atomic mass is 9.95. The molecule has 2 N–H and O–H groups in total. The minimum absolute atomic E-state index is 0.0713. The van der Waals surface area contributed by atoms with E-state index >= 15 is 0 Å². The summed E-state index contributed by atoms with van der Waals surface area (Å²) in [5.74, 6) is 0.218. The number of aromatic nitrogens is 1. The van der Waals surface area contributed by atoms with Crippen LogP contribution in [0, 0.1) is 0 Å². The van der Waals surface area contributed by atoms with E-state index in [0.29, 0.717) is 12.3 Å². The first-order chi connectivity index (χ1) is 10.3. The maximum absolute atomic E-state index is 12.0. The van der Waals surface area contributed by atoms with E-state index in [-0.39, 0.29) is 11.3 Å². The van der Waals surface area contributed by atoms with Gasteiger partial charge in [0.25, 0.3) is 5.91 Å². The first kappa shape index (κ1) is 12.3. The van der Waals surface area contributed by atoms with Gasteiger partial charge in [-0.2, -0.15) is 0 Å². The molecule has 1 aliphatic rings. The number of aromatic amines is 1. The number of benzene rings is 1. The highest BCUT2D eigenvalue weighted by atomic mass is 16.3. The lowest BCUT2D eigenvalue weighted by Gasteiger charge is -2.15. The third kappa shape index (κ3) is 2.03. The topological polar surface area (TPSA) is 58.0 Å². The number of carbonyl (C=O) groups is 1. The summed E-state index contributed by atoms with van der Waals surface area (Å²) in [4.78, 5) is 15.3. The molecule has 1 fully saturated rings. The Morgan fingerprint density at radius 3 is 2.86 bits per heavy atom. The van der Waals surface area contributed by atoms with E-state index in [1.54, 1.807) is 12.1 Å². The highest BCUT2D eigenvalue weighted by Gasteiger charge is 2.45. The molecule has 0 spiro atoms. The molecule has 4 nitrogen and oxygen atoms in total. The van der Waals surface area contributed by atoms with Crippen molar-refractivity contribution in [2.45, 2.75) is 18.3 Å². The van der Waals surface area contributed by atoms with Gasteiger partial charge in [0.2, 0.25) is 0 Å². The average Bonchev–Trinajstić information content (AvgIpc) is 2.95. The van der Waals surface area contributed by atoms with Crippen molar-refractivity contribution in [3.05, 3.63) is 60.2 Å². The second-order valence-corrected chi connectivity index (χ2v) is 5.69. The van der Waals surface area contributed by atoms with Crippen LogP contribution in [0.25, 0.3) is 10.9 Å². The van der Waals surface area contributed by atoms with Crippen molar-refractivity contribution < 1.29 is 9.21 Å². The molecule has 4 heteroatoms. The summed E-state index contributed by atoms with van der Waals surface area (Å²) in [6.45, 7) is 0.647. The smallest absolute Gasteiger partial charge is 0.287 e. The molecule has 1 saturated carbocycles. The maximum atomic E-state index is 12.0. The third-order valence-electron chi connectivity index (χ3n) is 4.35. The Morgan fingerprint density at radius 1 is 1.24 bits per heavy atom. The molecular weight excluding hydrogens is 264 g/mol. The summed E-state index contributed by atoms with van der Waals surface area (Å²) in [6.07, 6.45) is 5.80. The van der Waals surface area contributed by atoms with E-state index in [4.69, 9.17) is 4.42 Å². The van der Waals surface area contributed by atoms with Crippen molar-refractivity contribution in [3.8, 4) is 0 Å². The van der Waals surface area contributed by atoms with Crippen molar-refractivity contribution in [2.24, 2.45) is 0 Å². The molecule has 1 aromatic carbocycles. The van der Waals surface area contributed by atoms with E-state index in [0.717, 1.165) is 18.4 Å². The predicted octanol–water partition coefficient (Wildman–Crippen LogP) is 3.22. The molecule has 2 aromatic heterocycles. The summed E-state index contributed by atoms with van der Waals surface area (Å²) < 4.78 is 5.12. The lowest BCUT2D eigenvalue weighted by Crippen LogP contribution is -2.31. The SMILES string of the molecule is O=C(NCC1(c2c[nH]c3ccccc23)CC1)c1ccco1. The molecule has 0 aliphatic heterocycles. The standard InChI is InChI=1S/C17H16N2O2/c20-16(15-6-3-9-21-15)19-11-17(7-8-17)13-10-18-14-5-2-1-4-12(13)14/h1-6,9-10,18H,7-8,11H2,(H,19,20). The number of nitrogens with one attached hydrogen (secondary N) is 2. The van der Waals surface area contributed by atoms with Gasteiger partial charge in [-0.15, -0.1) is 0 Å². The van der Waals surface area contributed by atoms with Crippen LogP contribution in [0.1, 0.15) is 29.0 Å². The Balaban J connectivity index is 1.56. The average molecular weight is 280 g/mol. The first-order valence-electron chi connectivity index (χ1n) is 7.17. The van der Waals surface area contributed by atoms with Crippen molar-refractivity contribution in [2.75, 3.05) is 6.54 Å². The van der Waals surface area contributed by atoms with Gasteiger partial charge >= 0.3 is 0 Å². The third-order valence-corrected chi connectivity index (χ3v) is 4.35. The van der Waals surface area contributed by atoms with Gasteiger partial charge in [0.15, 0.2) is 5.76 Å². The zero-order chi connectivity index (χ0) is 14.3. The summed E-state index contributed by atoms with van der Waals surface area (Å²) in [5, 5.41) is 4.25. The van der Waals surface area contributed by atoms with Crippen LogP contribution < -0.4 is 5.32 Å². The van der Waals surface area contributed by atoms with E-state index < -0.39 is 0 Å². The second-order valence-electron chi connectivity index (χ2n) is 5.69. The van der Waals surface area contributed by atoms with Gasteiger partial charge in [-0.25, -0.2) is 0 Å². The summed E-state index contributed by atoms with van der Waals surface area (Å²) >= 11 is 0. The Kier molecular flexibility index (Phi) is 2.64. The summed E-state index contributed by atoms with van der Waals surface area (Å²) in [5.41, 5.74) is 2.52. The number of fused-ring (bicyclic) bond motifs is 1. The van der Waals surface area contributed by atoms with Gasteiger partial charge in [0.1, 0.15) is 0 Å². The molecule has 2 heterocycles. The predicted molar refractivity (Wildman–Crippen MR) is 80.3 cm³/mol. The van der Waals surface area contributed by atoms with Gasteiger partial charge < -0.3 is 14.7 Å². The Morgan fingerprint density at radius 2 is 2.10 bits per heavy atom. The molecule has 4 rings (SSSR count). The molecule has 106 valence electrons. The van der Waals surface area contributed by atoms with Crippen LogP contribution in [-0.2, 0) is 5.41 Å². The van der Waals surface area contributed by atoms with Gasteiger partial charge in [-0.05, 0) is 36.6 Å². The number of hydrogen-bond acceptors (Lipinski definition) is 2. The molecule has 0 saturated heterocycles. The highest BCUT2D eigenvalue weighted by molar-refractivity contribution is 5.91. The first-order valence-corrected chi connectivity index (χ1v) is 7.17. The molecule has 0 unspecified atom stereocenters.